The van der Waals surface area contributed by atoms with Gasteiger partial charge in [0.1, 0.15) is 12.7 Å². The van der Waals surface area contributed by atoms with Crippen LogP contribution in [0.5, 0.6) is 0 Å². The maximum atomic E-state index is 11.8. The second-order valence-electron chi connectivity index (χ2n) is 5.14. The number of rotatable bonds is 6. The molecule has 2 amide bonds. The maximum Gasteiger partial charge on any atom is 0.315 e. The van der Waals surface area contributed by atoms with Crippen LogP contribution < -0.4 is 10.6 Å². The van der Waals surface area contributed by atoms with Crippen LogP contribution in [0.15, 0.2) is 53.7 Å². The number of aliphatic hydroxyl groups excluding tert-OH is 1. The van der Waals surface area contributed by atoms with Gasteiger partial charge in [-0.1, -0.05) is 12.1 Å². The largest absolute Gasteiger partial charge is 0.387 e. The lowest BCUT2D eigenvalue weighted by molar-refractivity contribution is 0.173. The van der Waals surface area contributed by atoms with E-state index in [0.29, 0.717) is 6.54 Å². The maximum absolute atomic E-state index is 11.8. The Bertz CT molecular complexity index is 756. The number of hydrogen-bond acceptors (Lipinski definition) is 5. The zero-order chi connectivity index (χ0) is 16.8. The number of urea groups is 1. The van der Waals surface area contributed by atoms with Crippen molar-refractivity contribution in [3.63, 3.8) is 0 Å². The summed E-state index contributed by atoms with van der Waals surface area (Å²) in [5.41, 5.74) is 2.68. The molecule has 124 valence electrons. The Morgan fingerprint density at radius 2 is 2.08 bits per heavy atom. The first-order chi connectivity index (χ1) is 11.7. The number of carbonyl (C=O) groups is 1. The summed E-state index contributed by atoms with van der Waals surface area (Å²) in [7, 11) is 0. The highest BCUT2D eigenvalue weighted by atomic mass is 32.1. The monoisotopic (exact) mass is 343 g/mol. The van der Waals surface area contributed by atoms with E-state index in [4.69, 9.17) is 0 Å². The number of aromatic nitrogens is 3. The van der Waals surface area contributed by atoms with Gasteiger partial charge < -0.3 is 15.7 Å². The SMILES string of the molecule is O=C(NCc1ccc(-n2cncn2)cc1)NCC(O)c1ccsc1. The number of hydrogen-bond donors (Lipinski definition) is 3. The Morgan fingerprint density at radius 3 is 2.75 bits per heavy atom. The number of aliphatic hydroxyl groups is 1. The van der Waals surface area contributed by atoms with Crippen molar-refractivity contribution >= 4 is 17.4 Å². The third-order valence-electron chi connectivity index (χ3n) is 3.46. The number of nitrogens with one attached hydrogen (secondary N) is 2. The minimum atomic E-state index is -0.691. The average Bonchev–Trinajstić information content (AvgIpc) is 3.31. The minimum absolute atomic E-state index is 0.174. The lowest BCUT2D eigenvalue weighted by atomic mass is 10.2. The fraction of sp³-hybridized carbons (Fsp3) is 0.188. The van der Waals surface area contributed by atoms with Gasteiger partial charge in [-0.3, -0.25) is 0 Å². The van der Waals surface area contributed by atoms with Gasteiger partial charge in [0.15, 0.2) is 0 Å². The molecule has 0 aliphatic carbocycles. The minimum Gasteiger partial charge on any atom is -0.387 e. The number of amides is 2. The molecule has 1 aromatic carbocycles. The molecule has 8 heteroatoms. The topological polar surface area (TPSA) is 92.1 Å². The number of thiophene rings is 1. The molecule has 1 atom stereocenters. The molecule has 0 aliphatic rings. The second-order valence-corrected chi connectivity index (χ2v) is 5.92. The standard InChI is InChI=1S/C16H17N5O2S/c22-15(13-5-6-24-9-13)8-19-16(23)18-7-12-1-3-14(4-2-12)21-11-17-10-20-21/h1-6,9-11,15,22H,7-8H2,(H2,18,19,23). The quantitative estimate of drug-likeness (QED) is 0.637. The van der Waals surface area contributed by atoms with Gasteiger partial charge in [0.2, 0.25) is 0 Å². The van der Waals surface area contributed by atoms with Crippen LogP contribution in [0.25, 0.3) is 5.69 Å². The molecule has 2 aromatic heterocycles. The van der Waals surface area contributed by atoms with E-state index < -0.39 is 6.10 Å². The van der Waals surface area contributed by atoms with E-state index in [9.17, 15) is 9.90 Å². The smallest absolute Gasteiger partial charge is 0.315 e. The molecule has 2 heterocycles. The lowest BCUT2D eigenvalue weighted by Crippen LogP contribution is -2.37. The summed E-state index contributed by atoms with van der Waals surface area (Å²) in [5.74, 6) is 0. The highest BCUT2D eigenvalue weighted by molar-refractivity contribution is 7.07. The summed E-state index contributed by atoms with van der Waals surface area (Å²) in [6.45, 7) is 0.575. The van der Waals surface area contributed by atoms with E-state index in [2.05, 4.69) is 20.7 Å². The molecule has 0 radical (unpaired) electrons. The number of carbonyl (C=O) groups excluding carboxylic acids is 1. The van der Waals surface area contributed by atoms with Crippen molar-refractivity contribution in [2.45, 2.75) is 12.6 Å². The Morgan fingerprint density at radius 1 is 1.25 bits per heavy atom. The summed E-state index contributed by atoms with van der Waals surface area (Å²) in [5, 5.41) is 23.1. The molecule has 3 N–H and O–H groups in total. The van der Waals surface area contributed by atoms with Gasteiger partial charge in [0, 0.05) is 13.1 Å². The van der Waals surface area contributed by atoms with E-state index in [1.807, 2.05) is 41.1 Å². The molecule has 0 saturated heterocycles. The predicted molar refractivity (Wildman–Crippen MR) is 90.9 cm³/mol. The zero-order valence-electron chi connectivity index (χ0n) is 12.8. The molecule has 3 aromatic rings. The first kappa shape index (κ1) is 16.2. The number of benzene rings is 1. The van der Waals surface area contributed by atoms with Gasteiger partial charge >= 0.3 is 6.03 Å². The Hall–Kier alpha value is -2.71. The van der Waals surface area contributed by atoms with E-state index in [1.165, 1.54) is 17.7 Å². The van der Waals surface area contributed by atoms with Gasteiger partial charge in [-0.2, -0.15) is 16.4 Å². The van der Waals surface area contributed by atoms with Crippen molar-refractivity contribution in [2.75, 3.05) is 6.54 Å². The van der Waals surface area contributed by atoms with E-state index in [1.54, 1.807) is 11.0 Å². The molecule has 0 fully saturated rings. The van der Waals surface area contributed by atoms with E-state index >= 15 is 0 Å². The second kappa shape index (κ2) is 7.71. The van der Waals surface area contributed by atoms with Crippen LogP contribution in [0.3, 0.4) is 0 Å². The third kappa shape index (κ3) is 4.18. The first-order valence-electron chi connectivity index (χ1n) is 7.38. The van der Waals surface area contributed by atoms with E-state index in [-0.39, 0.29) is 12.6 Å². The molecule has 0 aliphatic heterocycles. The summed E-state index contributed by atoms with van der Waals surface area (Å²) in [4.78, 5) is 15.7. The van der Waals surface area contributed by atoms with Crippen molar-refractivity contribution in [1.82, 2.24) is 25.4 Å². The van der Waals surface area contributed by atoms with Crippen molar-refractivity contribution in [3.8, 4) is 5.69 Å². The van der Waals surface area contributed by atoms with Crippen molar-refractivity contribution < 1.29 is 9.90 Å². The Labute approximate surface area is 143 Å². The summed E-state index contributed by atoms with van der Waals surface area (Å²) < 4.78 is 1.66. The highest BCUT2D eigenvalue weighted by Gasteiger charge is 2.09. The summed E-state index contributed by atoms with van der Waals surface area (Å²) in [6, 6.07) is 9.17. The van der Waals surface area contributed by atoms with Crippen molar-refractivity contribution in [1.29, 1.82) is 0 Å². The van der Waals surface area contributed by atoms with Gasteiger partial charge in [0.05, 0.1) is 11.8 Å². The van der Waals surface area contributed by atoms with Crippen molar-refractivity contribution in [3.05, 3.63) is 64.9 Å². The zero-order valence-corrected chi connectivity index (χ0v) is 13.6. The Balaban J connectivity index is 1.44. The molecule has 1 unspecified atom stereocenters. The average molecular weight is 343 g/mol. The summed E-state index contributed by atoms with van der Waals surface area (Å²) >= 11 is 1.51. The fourth-order valence-corrected chi connectivity index (χ4v) is 2.83. The van der Waals surface area contributed by atoms with Gasteiger partial charge in [0.25, 0.3) is 0 Å². The molecule has 0 spiro atoms. The van der Waals surface area contributed by atoms with Crippen LogP contribution in [-0.2, 0) is 6.54 Å². The van der Waals surface area contributed by atoms with Crippen molar-refractivity contribution in [2.24, 2.45) is 0 Å². The Kier molecular flexibility index (Phi) is 5.19. The van der Waals surface area contributed by atoms with Crippen LogP contribution in [0.4, 0.5) is 4.79 Å². The molecule has 0 saturated carbocycles. The van der Waals surface area contributed by atoms with Crippen LogP contribution in [0.2, 0.25) is 0 Å². The molecule has 3 rings (SSSR count). The molecule has 0 bridgehead atoms. The highest BCUT2D eigenvalue weighted by Crippen LogP contribution is 2.15. The fourth-order valence-electron chi connectivity index (χ4n) is 2.12. The van der Waals surface area contributed by atoms with Gasteiger partial charge in [-0.05, 0) is 40.1 Å². The molecular formula is C16H17N5O2S. The van der Waals surface area contributed by atoms with Crippen LogP contribution >= 0.6 is 11.3 Å². The molecule has 24 heavy (non-hydrogen) atoms. The van der Waals surface area contributed by atoms with Gasteiger partial charge in [-0.15, -0.1) is 0 Å². The predicted octanol–water partition coefficient (Wildman–Crippen LogP) is 1.86. The summed E-state index contributed by atoms with van der Waals surface area (Å²) in [6.07, 6.45) is 2.41. The van der Waals surface area contributed by atoms with Crippen LogP contribution in [0, 0.1) is 0 Å². The normalized spacial score (nSPS) is 11.9. The van der Waals surface area contributed by atoms with E-state index in [0.717, 1.165) is 16.8 Å². The van der Waals surface area contributed by atoms with Crippen LogP contribution in [0.1, 0.15) is 17.2 Å². The third-order valence-corrected chi connectivity index (χ3v) is 4.16. The lowest BCUT2D eigenvalue weighted by Gasteiger charge is -2.11. The molecular weight excluding hydrogens is 326 g/mol. The van der Waals surface area contributed by atoms with Crippen LogP contribution in [-0.4, -0.2) is 32.4 Å². The first-order valence-corrected chi connectivity index (χ1v) is 8.32. The van der Waals surface area contributed by atoms with Gasteiger partial charge in [-0.25, -0.2) is 14.5 Å². The molecule has 7 nitrogen and oxygen atoms in total. The number of nitrogens with zero attached hydrogens (tertiary/aromatic N) is 3.